The van der Waals surface area contributed by atoms with Crippen molar-refractivity contribution in [2.45, 2.75) is 0 Å². The maximum Gasteiger partial charge on any atom is 0.262 e. The summed E-state index contributed by atoms with van der Waals surface area (Å²) < 4.78 is 20.8. The highest BCUT2D eigenvalue weighted by Crippen LogP contribution is 2.72. The fourth-order valence-corrected chi connectivity index (χ4v) is 9.11. The summed E-state index contributed by atoms with van der Waals surface area (Å²) in [6, 6.07) is 0. The lowest BCUT2D eigenvalue weighted by Gasteiger charge is -2.00. The number of hydrogen-bond acceptors (Lipinski definition) is 2. The van der Waals surface area contributed by atoms with Crippen molar-refractivity contribution in [2.75, 3.05) is 5.90 Å². The van der Waals surface area contributed by atoms with Crippen LogP contribution in [0, 0.1) is 0 Å². The molecule has 0 aromatic rings. The Labute approximate surface area is 71.7 Å². The molecule has 0 heterocycles. The van der Waals surface area contributed by atoms with Crippen molar-refractivity contribution >= 4 is 56.7 Å². The molecule has 0 unspecified atom stereocenters. The highest BCUT2D eigenvalue weighted by atomic mass is 35.9. The molecule has 0 aliphatic rings. The Balaban J connectivity index is 4.07. The highest BCUT2D eigenvalue weighted by molar-refractivity contribution is 8.21. The van der Waals surface area contributed by atoms with E-state index in [1.54, 1.807) is 0 Å². The van der Waals surface area contributed by atoms with Crippen LogP contribution in [0.25, 0.3) is 0 Å². The fourth-order valence-electron chi connectivity index (χ4n) is 0.192. The largest absolute Gasteiger partial charge is 0.289 e. The third-order valence-electron chi connectivity index (χ3n) is 0.329. The molecule has 0 spiro atoms. The van der Waals surface area contributed by atoms with Gasteiger partial charge in [0.25, 0.3) is 11.7 Å². The number of rotatable bonds is 2. The van der Waals surface area contributed by atoms with E-state index in [4.69, 9.17) is 45.0 Å². The minimum atomic E-state index is -3.37. The second-order valence-electron chi connectivity index (χ2n) is 1.28. The first-order valence-corrected chi connectivity index (χ1v) is 9.08. The summed E-state index contributed by atoms with van der Waals surface area (Å²) in [5, 5.41) is 0. The molecule has 0 aromatic heterocycles. The molecule has 0 amide bonds. The molecule has 0 saturated heterocycles. The van der Waals surface area contributed by atoms with Crippen LogP contribution in [0.3, 0.4) is 0 Å². The summed E-state index contributed by atoms with van der Waals surface area (Å²) >= 11 is 20.0. The lowest BCUT2D eigenvalue weighted by molar-refractivity contribution is 0.588. The zero-order valence-electron chi connectivity index (χ0n) is 3.93. The van der Waals surface area contributed by atoms with Gasteiger partial charge in [0.2, 0.25) is 0 Å². The van der Waals surface area contributed by atoms with Crippen LogP contribution < -0.4 is 0 Å². The Morgan fingerprint density at radius 3 is 1.11 bits per heavy atom. The molecular formula is CH2Cl4O2P2. The molecule has 8 heteroatoms. The minimum Gasteiger partial charge on any atom is -0.289 e. The Morgan fingerprint density at radius 2 is 1.11 bits per heavy atom. The average Bonchev–Trinajstić information content (AvgIpc) is 1.14. The first-order chi connectivity index (χ1) is 3.71. The lowest BCUT2D eigenvalue weighted by atomic mass is 11.9. The Kier molecular flexibility index (Phi) is 3.95. The molecule has 2 nitrogen and oxygen atoms in total. The van der Waals surface area contributed by atoms with Crippen molar-refractivity contribution in [1.82, 2.24) is 0 Å². The van der Waals surface area contributed by atoms with Crippen molar-refractivity contribution in [3.63, 3.8) is 0 Å². The van der Waals surface area contributed by atoms with E-state index in [0.29, 0.717) is 0 Å². The summed E-state index contributed by atoms with van der Waals surface area (Å²) in [6.45, 7) is 0. The van der Waals surface area contributed by atoms with E-state index in [9.17, 15) is 9.13 Å². The molecule has 0 bridgehead atoms. The van der Waals surface area contributed by atoms with Gasteiger partial charge in [-0.05, 0) is 45.0 Å². The predicted molar refractivity (Wildman–Crippen MR) is 43.5 cm³/mol. The van der Waals surface area contributed by atoms with E-state index in [0.717, 1.165) is 0 Å². The number of halogens is 4. The van der Waals surface area contributed by atoms with E-state index in [1.807, 2.05) is 0 Å². The van der Waals surface area contributed by atoms with E-state index in [-0.39, 0.29) is 0 Å². The van der Waals surface area contributed by atoms with Gasteiger partial charge in [-0.25, -0.2) is 0 Å². The first-order valence-electron chi connectivity index (χ1n) is 1.67. The molecule has 0 aromatic carbocycles. The predicted octanol–water partition coefficient (Wildman–Crippen LogP) is 4.29. The number of hydrogen-bond donors (Lipinski definition) is 0. The summed E-state index contributed by atoms with van der Waals surface area (Å²) in [4.78, 5) is 0. The van der Waals surface area contributed by atoms with E-state index >= 15 is 0 Å². The van der Waals surface area contributed by atoms with Crippen molar-refractivity contribution in [3.8, 4) is 0 Å². The summed E-state index contributed by atoms with van der Waals surface area (Å²) in [7, 11) is 0. The average molecular weight is 250 g/mol. The van der Waals surface area contributed by atoms with Crippen LogP contribution in [0.5, 0.6) is 0 Å². The van der Waals surface area contributed by atoms with Gasteiger partial charge in [-0.3, -0.25) is 9.13 Å². The molecule has 0 atom stereocenters. The molecule has 0 fully saturated rings. The van der Waals surface area contributed by atoms with Crippen molar-refractivity contribution < 1.29 is 9.13 Å². The van der Waals surface area contributed by atoms with Gasteiger partial charge >= 0.3 is 0 Å². The summed E-state index contributed by atoms with van der Waals surface area (Å²) in [5.74, 6) is -7.28. The molecule has 9 heavy (non-hydrogen) atoms. The van der Waals surface area contributed by atoms with Gasteiger partial charge in [-0.2, -0.15) is 0 Å². The fraction of sp³-hybridized carbons (Fsp3) is 1.00. The zero-order valence-corrected chi connectivity index (χ0v) is 8.74. The molecular weight excluding hydrogens is 248 g/mol. The normalized spacial score (nSPS) is 13.8. The minimum absolute atomic E-state index is 0.535. The maximum absolute atomic E-state index is 10.4. The van der Waals surface area contributed by atoms with Crippen LogP contribution >= 0.6 is 56.7 Å². The monoisotopic (exact) mass is 248 g/mol. The molecule has 0 N–H and O–H groups in total. The summed E-state index contributed by atoms with van der Waals surface area (Å²) in [6.07, 6.45) is 0. The topological polar surface area (TPSA) is 34.1 Å². The maximum atomic E-state index is 10.4. The molecule has 0 aliphatic carbocycles. The van der Waals surface area contributed by atoms with Crippen LogP contribution in [-0.4, -0.2) is 5.90 Å². The Hall–Kier alpha value is 1.62. The second-order valence-corrected chi connectivity index (χ2v) is 12.3. The van der Waals surface area contributed by atoms with Gasteiger partial charge in [0.05, 0.1) is 0 Å². The van der Waals surface area contributed by atoms with Gasteiger partial charge in [0.15, 0.2) is 0 Å². The third-order valence-corrected chi connectivity index (χ3v) is 6.81. The van der Waals surface area contributed by atoms with Crippen molar-refractivity contribution in [1.29, 1.82) is 0 Å². The summed E-state index contributed by atoms with van der Waals surface area (Å²) in [5.41, 5.74) is 0. The van der Waals surface area contributed by atoms with Gasteiger partial charge in [-0.15, -0.1) is 0 Å². The van der Waals surface area contributed by atoms with E-state index in [1.165, 1.54) is 0 Å². The molecule has 0 radical (unpaired) electrons. The zero-order chi connectivity index (χ0) is 7.71. The van der Waals surface area contributed by atoms with Crippen LogP contribution in [0.4, 0.5) is 0 Å². The third kappa shape index (κ3) is 9.62. The van der Waals surface area contributed by atoms with Crippen LogP contribution in [0.2, 0.25) is 0 Å². The Morgan fingerprint density at radius 1 is 0.889 bits per heavy atom. The van der Waals surface area contributed by atoms with Gasteiger partial charge < -0.3 is 0 Å². The van der Waals surface area contributed by atoms with Crippen LogP contribution in [0.15, 0.2) is 0 Å². The standard InChI is InChI=1S/CH2Cl4O2P2/c2-8(3,6)1-9(4,5)7/h1H2. The molecule has 0 saturated carbocycles. The van der Waals surface area contributed by atoms with Gasteiger partial charge in [-0.1, -0.05) is 0 Å². The highest BCUT2D eigenvalue weighted by Gasteiger charge is 2.26. The smallest absolute Gasteiger partial charge is 0.262 e. The SMILES string of the molecule is O=P(Cl)(Cl)CP(=O)(Cl)Cl. The van der Waals surface area contributed by atoms with Gasteiger partial charge in [0, 0.05) is 0 Å². The van der Waals surface area contributed by atoms with Crippen LogP contribution in [-0.2, 0) is 9.13 Å². The van der Waals surface area contributed by atoms with E-state index in [2.05, 4.69) is 0 Å². The van der Waals surface area contributed by atoms with Crippen molar-refractivity contribution in [3.05, 3.63) is 0 Å². The molecule has 0 aliphatic heterocycles. The van der Waals surface area contributed by atoms with E-state index < -0.39 is 17.6 Å². The first kappa shape index (κ1) is 10.6. The molecule has 56 valence electrons. The van der Waals surface area contributed by atoms with Crippen molar-refractivity contribution in [2.24, 2.45) is 0 Å². The second kappa shape index (κ2) is 3.34. The Bertz CT molecular complexity index is 157. The molecule has 0 rings (SSSR count). The van der Waals surface area contributed by atoms with Crippen LogP contribution in [0.1, 0.15) is 0 Å². The quantitative estimate of drug-likeness (QED) is 0.685. The lowest BCUT2D eigenvalue weighted by Crippen LogP contribution is -1.67. The van der Waals surface area contributed by atoms with Gasteiger partial charge in [0.1, 0.15) is 5.90 Å².